The number of hydrogen-bond donors (Lipinski definition) is 6. The quantitative estimate of drug-likeness (QED) is 0.391. The highest BCUT2D eigenvalue weighted by Crippen LogP contribution is 2.38. The number of aliphatic carboxylic acids is 2. The van der Waals surface area contributed by atoms with Gasteiger partial charge in [0.05, 0.1) is 0 Å². The molecule has 9 heteroatoms. The van der Waals surface area contributed by atoms with Gasteiger partial charge in [-0.15, -0.1) is 0 Å². The number of carbonyl (C=O) groups is 2. The molecule has 25 heavy (non-hydrogen) atoms. The normalized spacial score (nSPS) is 31.2. The lowest BCUT2D eigenvalue weighted by Crippen LogP contribution is -2.51. The molecule has 2 unspecified atom stereocenters. The van der Waals surface area contributed by atoms with Crippen LogP contribution in [0.4, 0.5) is 0 Å². The highest BCUT2D eigenvalue weighted by Gasteiger charge is 2.40. The zero-order valence-corrected chi connectivity index (χ0v) is 17.2. The molecule has 1 saturated heterocycles. The lowest BCUT2D eigenvalue weighted by molar-refractivity contribution is -0.140. The van der Waals surface area contributed by atoms with Crippen molar-refractivity contribution in [2.75, 3.05) is 11.5 Å². The minimum absolute atomic E-state index is 0.488. The minimum Gasteiger partial charge on any atom is -0.480 e. The van der Waals surface area contributed by atoms with Crippen molar-refractivity contribution in [1.29, 1.82) is 0 Å². The van der Waals surface area contributed by atoms with Gasteiger partial charge >= 0.3 is 11.9 Å². The summed E-state index contributed by atoms with van der Waals surface area (Å²) >= 11 is 10.6. The van der Waals surface area contributed by atoms with Gasteiger partial charge in [-0.1, -0.05) is 6.92 Å². The van der Waals surface area contributed by atoms with Crippen LogP contribution in [0.25, 0.3) is 0 Å². The Morgan fingerprint density at radius 3 is 1.68 bits per heavy atom. The molecule has 6 N–H and O–H groups in total. The van der Waals surface area contributed by atoms with E-state index in [-0.39, 0.29) is 0 Å². The molecule has 2 aliphatic rings. The molecule has 1 aliphatic heterocycles. The Balaban J connectivity index is 0.000000251. The third-order valence-corrected chi connectivity index (χ3v) is 7.63. The smallest absolute Gasteiger partial charge is 0.321 e. The summed E-state index contributed by atoms with van der Waals surface area (Å²) in [6, 6.07) is -1.66. The molecular formula is C16H30N2O4S3. The molecule has 0 amide bonds. The second-order valence-electron chi connectivity index (χ2n) is 7.13. The van der Waals surface area contributed by atoms with Crippen molar-refractivity contribution >= 4 is 49.0 Å². The van der Waals surface area contributed by atoms with Crippen molar-refractivity contribution in [2.45, 2.75) is 67.0 Å². The van der Waals surface area contributed by atoms with Crippen LogP contribution in [0, 0.1) is 5.92 Å². The molecule has 1 aliphatic carbocycles. The van der Waals surface area contributed by atoms with E-state index >= 15 is 0 Å². The fourth-order valence-corrected chi connectivity index (χ4v) is 5.30. The van der Waals surface area contributed by atoms with E-state index in [9.17, 15) is 9.59 Å². The number of rotatable bonds is 4. The van der Waals surface area contributed by atoms with Crippen LogP contribution in [0.2, 0.25) is 0 Å². The first-order chi connectivity index (χ1) is 11.5. The standard InChI is InChI=1S/C9H17NO2S.C7H13NO2S2/c1-6-2-4-9(13,5-3-6)7(10)8(11)12;8-5(6(9)10)7(11)1-3-12-4-2-7/h6-7,13H,2-5,10H2,1H3,(H,11,12);5,11H,1-4,8H2,(H,9,10). The van der Waals surface area contributed by atoms with Crippen molar-refractivity contribution < 1.29 is 19.8 Å². The van der Waals surface area contributed by atoms with Crippen molar-refractivity contribution in [3.63, 3.8) is 0 Å². The van der Waals surface area contributed by atoms with Gasteiger partial charge in [0.25, 0.3) is 0 Å². The predicted molar refractivity (Wildman–Crippen MR) is 109 cm³/mol. The molecule has 2 rings (SSSR count). The van der Waals surface area contributed by atoms with Gasteiger partial charge in [-0.25, -0.2) is 0 Å². The molecule has 0 aromatic rings. The first kappa shape index (κ1) is 23.0. The van der Waals surface area contributed by atoms with Crippen LogP contribution in [0.3, 0.4) is 0 Å². The summed E-state index contributed by atoms with van der Waals surface area (Å²) < 4.78 is -0.977. The molecule has 0 aromatic heterocycles. The lowest BCUT2D eigenvalue weighted by Gasteiger charge is -2.37. The third-order valence-electron chi connectivity index (χ3n) is 5.19. The molecule has 1 heterocycles. The maximum atomic E-state index is 10.7. The monoisotopic (exact) mass is 410 g/mol. The summed E-state index contributed by atoms with van der Waals surface area (Å²) in [5.41, 5.74) is 11.1. The summed E-state index contributed by atoms with van der Waals surface area (Å²) in [5, 5.41) is 17.5. The molecule has 146 valence electrons. The maximum absolute atomic E-state index is 10.7. The van der Waals surface area contributed by atoms with E-state index in [0.29, 0.717) is 5.92 Å². The van der Waals surface area contributed by atoms with Crippen LogP contribution < -0.4 is 11.5 Å². The summed E-state index contributed by atoms with van der Waals surface area (Å²) in [4.78, 5) is 21.3. The molecule has 0 radical (unpaired) electrons. The molecule has 0 aromatic carbocycles. The number of carboxylic acid groups (broad SMARTS) is 2. The molecular weight excluding hydrogens is 380 g/mol. The number of thioether (sulfide) groups is 1. The summed E-state index contributed by atoms with van der Waals surface area (Å²) in [6.45, 7) is 2.18. The highest BCUT2D eigenvalue weighted by atomic mass is 32.2. The van der Waals surface area contributed by atoms with Crippen molar-refractivity contribution in [2.24, 2.45) is 17.4 Å². The second kappa shape index (κ2) is 9.73. The molecule has 0 spiro atoms. The summed E-state index contributed by atoms with van der Waals surface area (Å²) in [7, 11) is 0. The van der Waals surface area contributed by atoms with E-state index in [4.69, 9.17) is 21.7 Å². The SMILES string of the molecule is CC1CCC(S)(C(N)C(=O)O)CC1.NC(C(=O)O)C1(S)CCSCC1. The van der Waals surface area contributed by atoms with Crippen LogP contribution in [0.5, 0.6) is 0 Å². The minimum atomic E-state index is -0.947. The topological polar surface area (TPSA) is 127 Å². The second-order valence-corrected chi connectivity index (χ2v) is 10.1. The average Bonchev–Trinajstić information content (AvgIpc) is 2.57. The van der Waals surface area contributed by atoms with E-state index in [1.807, 2.05) is 11.8 Å². The number of hydrogen-bond acceptors (Lipinski definition) is 7. The Labute approximate surface area is 164 Å². The fraction of sp³-hybridized carbons (Fsp3) is 0.875. The van der Waals surface area contributed by atoms with Gasteiger partial charge in [-0.05, 0) is 55.9 Å². The first-order valence-corrected chi connectivity index (χ1v) is 10.6. The predicted octanol–water partition coefficient (Wildman–Crippen LogP) is 1.87. The van der Waals surface area contributed by atoms with Gasteiger partial charge in [-0.3, -0.25) is 9.59 Å². The van der Waals surface area contributed by atoms with Crippen LogP contribution in [-0.2, 0) is 9.59 Å². The largest absolute Gasteiger partial charge is 0.480 e. The van der Waals surface area contributed by atoms with E-state index in [1.54, 1.807) is 0 Å². The van der Waals surface area contributed by atoms with Gasteiger partial charge in [0.15, 0.2) is 0 Å². The Morgan fingerprint density at radius 2 is 1.32 bits per heavy atom. The van der Waals surface area contributed by atoms with Crippen LogP contribution in [0.1, 0.15) is 45.4 Å². The Morgan fingerprint density at radius 1 is 0.960 bits per heavy atom. The van der Waals surface area contributed by atoms with Crippen molar-refractivity contribution in [3.05, 3.63) is 0 Å². The Hall–Kier alpha value is -0.0900. The Bertz CT molecular complexity index is 464. The fourth-order valence-electron chi connectivity index (χ4n) is 3.07. The number of nitrogens with two attached hydrogens (primary N) is 2. The van der Waals surface area contributed by atoms with Gasteiger partial charge < -0.3 is 21.7 Å². The maximum Gasteiger partial charge on any atom is 0.321 e. The zero-order valence-electron chi connectivity index (χ0n) is 14.6. The average molecular weight is 411 g/mol. The van der Waals surface area contributed by atoms with E-state index in [2.05, 4.69) is 32.2 Å². The lowest BCUT2D eigenvalue weighted by atomic mass is 9.78. The molecule has 0 bridgehead atoms. The van der Waals surface area contributed by atoms with E-state index in [1.165, 1.54) is 0 Å². The molecule has 2 fully saturated rings. The highest BCUT2D eigenvalue weighted by molar-refractivity contribution is 7.99. The third kappa shape index (κ3) is 6.53. The van der Waals surface area contributed by atoms with Crippen LogP contribution in [0.15, 0.2) is 0 Å². The molecule has 2 atom stereocenters. The number of carboxylic acids is 2. The van der Waals surface area contributed by atoms with Crippen molar-refractivity contribution in [3.8, 4) is 0 Å². The van der Waals surface area contributed by atoms with Gasteiger partial charge in [0.2, 0.25) is 0 Å². The van der Waals surface area contributed by atoms with Crippen LogP contribution >= 0.6 is 37.0 Å². The van der Waals surface area contributed by atoms with Crippen LogP contribution in [-0.4, -0.2) is 55.2 Å². The Kier molecular flexibility index (Phi) is 8.93. The van der Waals surface area contributed by atoms with E-state index in [0.717, 1.165) is 50.0 Å². The number of thiol groups is 2. The summed E-state index contributed by atoms with van der Waals surface area (Å²) in [6.07, 6.45) is 5.26. The zero-order chi connectivity index (χ0) is 19.3. The van der Waals surface area contributed by atoms with Gasteiger partial charge in [0, 0.05) is 9.49 Å². The molecule has 6 nitrogen and oxygen atoms in total. The van der Waals surface area contributed by atoms with E-state index < -0.39 is 33.5 Å². The van der Waals surface area contributed by atoms with Crippen molar-refractivity contribution in [1.82, 2.24) is 0 Å². The molecule has 1 saturated carbocycles. The summed E-state index contributed by atoms with van der Waals surface area (Å²) in [5.74, 6) is 0.720. The van der Waals surface area contributed by atoms with Gasteiger partial charge in [-0.2, -0.15) is 37.0 Å². The van der Waals surface area contributed by atoms with Gasteiger partial charge in [0.1, 0.15) is 12.1 Å². The first-order valence-electron chi connectivity index (χ1n) is 8.51.